The highest BCUT2D eigenvalue weighted by Gasteiger charge is 2.03. The molecule has 0 saturated carbocycles. The second kappa shape index (κ2) is 9.24. The number of hydrogen-bond acceptors (Lipinski definition) is 3. The Hall–Kier alpha value is -2.79. The fraction of sp³-hybridized carbons (Fsp3) is 0.318. The highest BCUT2D eigenvalue weighted by atomic mass is 16.5. The van der Waals surface area contributed by atoms with Gasteiger partial charge >= 0.3 is 0 Å². The summed E-state index contributed by atoms with van der Waals surface area (Å²) in [6.45, 7) is 0.918. The Labute approximate surface area is 160 Å². The number of nitrogens with one attached hydrogen (secondary N) is 2. The number of carbonyl (C=O) groups excluding carboxylic acids is 1. The molecule has 5 nitrogen and oxygen atoms in total. The molecule has 142 valence electrons. The summed E-state index contributed by atoms with van der Waals surface area (Å²) in [6, 6.07) is 17.3. The van der Waals surface area contributed by atoms with Gasteiger partial charge in [0.25, 0.3) is 0 Å². The van der Waals surface area contributed by atoms with E-state index < -0.39 is 0 Å². The summed E-state index contributed by atoms with van der Waals surface area (Å²) in [5, 5.41) is 13.1. The molecule has 0 aliphatic carbocycles. The number of anilines is 1. The Balaban J connectivity index is 1.45. The van der Waals surface area contributed by atoms with Gasteiger partial charge in [-0.2, -0.15) is 0 Å². The Morgan fingerprint density at radius 3 is 2.48 bits per heavy atom. The molecule has 0 radical (unpaired) electrons. The van der Waals surface area contributed by atoms with E-state index in [0.29, 0.717) is 6.42 Å². The van der Waals surface area contributed by atoms with Crippen molar-refractivity contribution >= 4 is 22.5 Å². The summed E-state index contributed by atoms with van der Waals surface area (Å²) < 4.78 is 2.13. The molecule has 27 heavy (non-hydrogen) atoms. The van der Waals surface area contributed by atoms with Crippen molar-refractivity contribution in [1.29, 1.82) is 0 Å². The smallest absolute Gasteiger partial charge is 0.243 e. The maximum Gasteiger partial charge on any atom is 0.243 e. The van der Waals surface area contributed by atoms with E-state index in [1.54, 1.807) is 5.48 Å². The molecular formula is C22H27N3O2. The third-order valence-electron chi connectivity index (χ3n) is 4.89. The molecule has 0 unspecified atom stereocenters. The minimum Gasteiger partial charge on any atom is -0.385 e. The number of aromatic nitrogens is 1. The predicted octanol–water partition coefficient (Wildman–Crippen LogP) is 4.71. The van der Waals surface area contributed by atoms with Crippen molar-refractivity contribution in [2.24, 2.45) is 7.05 Å². The van der Waals surface area contributed by atoms with Gasteiger partial charge in [-0.3, -0.25) is 10.0 Å². The first-order valence-electron chi connectivity index (χ1n) is 9.50. The van der Waals surface area contributed by atoms with Crippen LogP contribution in [-0.2, 0) is 11.8 Å². The molecule has 1 aromatic heterocycles. The summed E-state index contributed by atoms with van der Waals surface area (Å²) in [5.41, 5.74) is 6.48. The van der Waals surface area contributed by atoms with Crippen LogP contribution in [0.5, 0.6) is 0 Å². The molecule has 3 aromatic rings. The van der Waals surface area contributed by atoms with Crippen LogP contribution in [0.3, 0.4) is 0 Å². The van der Waals surface area contributed by atoms with Crippen molar-refractivity contribution < 1.29 is 10.0 Å². The number of amides is 1. The van der Waals surface area contributed by atoms with Crippen LogP contribution in [0.25, 0.3) is 22.0 Å². The van der Waals surface area contributed by atoms with E-state index in [1.165, 1.54) is 22.0 Å². The van der Waals surface area contributed by atoms with E-state index >= 15 is 0 Å². The molecule has 0 aliphatic heterocycles. The maximum atomic E-state index is 10.9. The number of fused-ring (bicyclic) bond motifs is 1. The van der Waals surface area contributed by atoms with Gasteiger partial charge < -0.3 is 9.88 Å². The molecular weight excluding hydrogens is 338 g/mol. The molecule has 1 heterocycles. The number of hydroxylamine groups is 1. The molecule has 3 rings (SSSR count). The van der Waals surface area contributed by atoms with Crippen LogP contribution < -0.4 is 10.8 Å². The Bertz CT molecular complexity index is 884. The Morgan fingerprint density at radius 2 is 1.70 bits per heavy atom. The quantitative estimate of drug-likeness (QED) is 0.292. The molecule has 0 bridgehead atoms. The lowest BCUT2D eigenvalue weighted by Crippen LogP contribution is -2.17. The summed E-state index contributed by atoms with van der Waals surface area (Å²) in [5.74, 6) is -0.306. The SMILES string of the molecule is Cn1ccc2cc(-c3ccc(NCCCCCCC(=O)NO)cc3)ccc21. The molecule has 5 heteroatoms. The minimum absolute atomic E-state index is 0.306. The van der Waals surface area contributed by atoms with Crippen molar-refractivity contribution in [3.8, 4) is 11.1 Å². The standard InChI is InChI=1S/C22H27N3O2/c1-25-15-13-19-16-18(9-12-21(19)25)17-7-10-20(11-8-17)23-14-5-3-2-4-6-22(26)24-27/h7-13,15-16,23,27H,2-6,14H2,1H3,(H,24,26). The average molecular weight is 365 g/mol. The van der Waals surface area contributed by atoms with E-state index in [9.17, 15) is 4.79 Å². The lowest BCUT2D eigenvalue weighted by molar-refractivity contribution is -0.129. The van der Waals surface area contributed by atoms with Gasteiger partial charge in [0.2, 0.25) is 5.91 Å². The largest absolute Gasteiger partial charge is 0.385 e. The van der Waals surface area contributed by atoms with Gasteiger partial charge in [-0.15, -0.1) is 0 Å². The number of hydrogen-bond donors (Lipinski definition) is 3. The van der Waals surface area contributed by atoms with Crippen LogP contribution in [0.1, 0.15) is 32.1 Å². The lowest BCUT2D eigenvalue weighted by atomic mass is 10.0. The first-order valence-corrected chi connectivity index (χ1v) is 9.50. The Kier molecular flexibility index (Phi) is 6.49. The van der Waals surface area contributed by atoms with Gasteiger partial charge in [0.1, 0.15) is 0 Å². The van der Waals surface area contributed by atoms with Gasteiger partial charge in [0, 0.05) is 42.8 Å². The molecule has 0 spiro atoms. The topological polar surface area (TPSA) is 66.3 Å². The van der Waals surface area contributed by atoms with Gasteiger partial charge in [-0.1, -0.05) is 31.0 Å². The molecule has 2 aromatic carbocycles. The lowest BCUT2D eigenvalue weighted by Gasteiger charge is -2.08. The molecule has 0 saturated heterocycles. The number of carbonyl (C=O) groups is 1. The van der Waals surface area contributed by atoms with E-state index in [4.69, 9.17) is 5.21 Å². The van der Waals surface area contributed by atoms with E-state index in [0.717, 1.165) is 37.9 Å². The third kappa shape index (κ3) is 5.11. The normalized spacial score (nSPS) is 10.9. The summed E-state index contributed by atoms with van der Waals surface area (Å²) in [7, 11) is 2.06. The van der Waals surface area contributed by atoms with E-state index in [-0.39, 0.29) is 5.91 Å². The van der Waals surface area contributed by atoms with Crippen molar-refractivity contribution in [1.82, 2.24) is 10.0 Å². The van der Waals surface area contributed by atoms with Crippen molar-refractivity contribution in [3.05, 3.63) is 54.7 Å². The van der Waals surface area contributed by atoms with Crippen LogP contribution in [0.2, 0.25) is 0 Å². The molecule has 0 atom stereocenters. The minimum atomic E-state index is -0.306. The molecule has 1 amide bonds. The van der Waals surface area contributed by atoms with Crippen LogP contribution in [0.15, 0.2) is 54.7 Å². The fourth-order valence-corrected chi connectivity index (χ4v) is 3.29. The van der Waals surface area contributed by atoms with Crippen LogP contribution in [-0.4, -0.2) is 22.2 Å². The highest BCUT2D eigenvalue weighted by Crippen LogP contribution is 2.26. The van der Waals surface area contributed by atoms with Crippen molar-refractivity contribution in [2.45, 2.75) is 32.1 Å². The van der Waals surface area contributed by atoms with Gasteiger partial charge in [-0.25, -0.2) is 5.48 Å². The summed E-state index contributed by atoms with van der Waals surface area (Å²) in [6.07, 6.45) is 6.42. The van der Waals surface area contributed by atoms with E-state index in [1.807, 2.05) is 0 Å². The molecule has 0 aliphatic rings. The predicted molar refractivity (Wildman–Crippen MR) is 110 cm³/mol. The van der Waals surface area contributed by atoms with E-state index in [2.05, 4.69) is 71.7 Å². The summed E-state index contributed by atoms with van der Waals surface area (Å²) in [4.78, 5) is 10.9. The zero-order chi connectivity index (χ0) is 19.1. The number of rotatable bonds is 9. The molecule has 0 fully saturated rings. The zero-order valence-electron chi connectivity index (χ0n) is 15.7. The first kappa shape index (κ1) is 19.0. The van der Waals surface area contributed by atoms with Crippen molar-refractivity contribution in [2.75, 3.05) is 11.9 Å². The number of nitrogens with zero attached hydrogens (tertiary/aromatic N) is 1. The monoisotopic (exact) mass is 365 g/mol. The van der Waals surface area contributed by atoms with Crippen molar-refractivity contribution in [3.63, 3.8) is 0 Å². The summed E-state index contributed by atoms with van der Waals surface area (Å²) >= 11 is 0. The van der Waals surface area contributed by atoms with Crippen LogP contribution in [0, 0.1) is 0 Å². The van der Waals surface area contributed by atoms with Gasteiger partial charge in [0.05, 0.1) is 0 Å². The highest BCUT2D eigenvalue weighted by molar-refractivity contribution is 5.85. The van der Waals surface area contributed by atoms with Crippen LogP contribution >= 0.6 is 0 Å². The first-order chi connectivity index (χ1) is 13.2. The maximum absolute atomic E-state index is 10.9. The Morgan fingerprint density at radius 1 is 0.963 bits per heavy atom. The second-order valence-corrected chi connectivity index (χ2v) is 6.90. The third-order valence-corrected chi connectivity index (χ3v) is 4.89. The van der Waals surface area contributed by atoms with Gasteiger partial charge in [0.15, 0.2) is 0 Å². The fourth-order valence-electron chi connectivity index (χ4n) is 3.29. The number of benzene rings is 2. The second-order valence-electron chi connectivity index (χ2n) is 6.90. The molecule has 3 N–H and O–H groups in total. The average Bonchev–Trinajstić information content (AvgIpc) is 3.07. The van der Waals surface area contributed by atoms with Crippen LogP contribution in [0.4, 0.5) is 5.69 Å². The number of unbranched alkanes of at least 4 members (excludes halogenated alkanes) is 3. The zero-order valence-corrected chi connectivity index (χ0v) is 15.7. The van der Waals surface area contributed by atoms with Gasteiger partial charge in [-0.05, 0) is 54.3 Å². The number of aryl methyl sites for hydroxylation is 1.